The van der Waals surface area contributed by atoms with E-state index in [-0.39, 0.29) is 6.42 Å². The van der Waals surface area contributed by atoms with Crippen LogP contribution in [-0.4, -0.2) is 24.8 Å². The Bertz CT molecular complexity index is 2070. The van der Waals surface area contributed by atoms with E-state index in [9.17, 15) is 13.0 Å². The number of aromatic nitrogens is 1. The normalized spacial score (nSPS) is 14.9. The summed E-state index contributed by atoms with van der Waals surface area (Å²) in [5.41, 5.74) is 7.98. The molecule has 1 aromatic heterocycles. The predicted octanol–water partition coefficient (Wildman–Crippen LogP) is 9.30. The van der Waals surface area contributed by atoms with Crippen molar-refractivity contribution in [3.05, 3.63) is 120 Å². The smallest absolute Gasteiger partial charge is 0.374 e. The number of fused-ring (bicyclic) bond motifs is 2. The van der Waals surface area contributed by atoms with Crippen LogP contribution in [-0.2, 0) is 16.7 Å². The van der Waals surface area contributed by atoms with E-state index in [0.717, 1.165) is 63.6 Å². The number of benzene rings is 4. The summed E-state index contributed by atoms with van der Waals surface area (Å²) in [6.45, 7) is 9.23. The Kier molecular flexibility index (Phi) is 9.85. The van der Waals surface area contributed by atoms with Crippen molar-refractivity contribution in [2.45, 2.75) is 58.8 Å². The fourth-order valence-electron chi connectivity index (χ4n) is 5.91. The van der Waals surface area contributed by atoms with E-state index in [0.29, 0.717) is 30.4 Å². The maximum atomic E-state index is 11.9. The second kappa shape index (κ2) is 14.2. The molecule has 4 aromatic carbocycles. The monoisotopic (exact) mass is 663 g/mol. The van der Waals surface area contributed by atoms with E-state index in [1.54, 1.807) is 0 Å². The molecular weight excluding hydrogens is 621 g/mol. The molecule has 1 N–H and O–H groups in total. The van der Waals surface area contributed by atoms with Gasteiger partial charge in [0.15, 0.2) is 12.3 Å². The van der Waals surface area contributed by atoms with E-state index < -0.39 is 15.4 Å². The Morgan fingerprint density at radius 3 is 2.12 bits per heavy atom. The van der Waals surface area contributed by atoms with Crippen molar-refractivity contribution in [2.24, 2.45) is 5.92 Å². The summed E-state index contributed by atoms with van der Waals surface area (Å²) in [5.74, 6) is 2.71. The number of anilines is 1. The number of allylic oxidation sites excluding steroid dienone is 2. The van der Waals surface area contributed by atoms with Gasteiger partial charge in [-0.2, -0.15) is 13.0 Å². The summed E-state index contributed by atoms with van der Waals surface area (Å²) in [5, 5.41) is -0.919. The summed E-state index contributed by atoms with van der Waals surface area (Å²) in [6, 6.07) is 32.9. The molecule has 0 saturated heterocycles. The zero-order valence-electron chi connectivity index (χ0n) is 28.0. The number of hydrogen-bond donors (Lipinski definition) is 1. The van der Waals surface area contributed by atoms with Gasteiger partial charge in [0.05, 0.1) is 17.0 Å². The van der Waals surface area contributed by atoms with Crippen molar-refractivity contribution in [3.8, 4) is 28.0 Å². The quantitative estimate of drug-likeness (QED) is 0.106. The van der Waals surface area contributed by atoms with Crippen LogP contribution in [0.3, 0.4) is 0 Å². The minimum absolute atomic E-state index is 0.224. The number of ether oxygens (including phenoxy) is 1. The van der Waals surface area contributed by atoms with E-state index >= 15 is 0 Å². The van der Waals surface area contributed by atoms with Crippen LogP contribution in [0.4, 0.5) is 5.69 Å². The molecule has 48 heavy (non-hydrogen) atoms. The van der Waals surface area contributed by atoms with Crippen LogP contribution in [0.15, 0.2) is 119 Å². The average Bonchev–Trinajstić information content (AvgIpc) is 3.61. The molecule has 5 aromatic rings. The summed E-state index contributed by atoms with van der Waals surface area (Å²) >= 11 is 0. The first-order chi connectivity index (χ1) is 23.1. The second-order valence-corrected chi connectivity index (χ2v) is 14.6. The van der Waals surface area contributed by atoms with E-state index in [1.807, 2.05) is 53.1 Å². The highest BCUT2D eigenvalue weighted by Gasteiger charge is 2.29. The van der Waals surface area contributed by atoms with Crippen molar-refractivity contribution >= 4 is 33.0 Å². The third-order valence-electron chi connectivity index (χ3n) is 8.90. The molecule has 1 unspecified atom stereocenters. The topological polar surface area (TPSA) is 83.9 Å². The van der Waals surface area contributed by atoms with Crippen LogP contribution in [0.25, 0.3) is 39.4 Å². The van der Waals surface area contributed by atoms with Gasteiger partial charge in [-0.25, -0.2) is 0 Å². The lowest BCUT2D eigenvalue weighted by atomic mass is 10.0. The highest BCUT2D eigenvalue weighted by molar-refractivity contribution is 7.86. The van der Waals surface area contributed by atoms with Crippen molar-refractivity contribution < 1.29 is 26.7 Å². The number of nitrogens with zero attached hydrogens (tertiary/aromatic N) is 2. The minimum atomic E-state index is -4.17. The first-order valence-electron chi connectivity index (χ1n) is 16.7. The van der Waals surface area contributed by atoms with Gasteiger partial charge in [0.1, 0.15) is 0 Å². The molecule has 248 valence electrons. The number of aryl methyl sites for hydroxylation is 1. The van der Waals surface area contributed by atoms with Crippen molar-refractivity contribution in [1.82, 2.24) is 0 Å². The van der Waals surface area contributed by atoms with Gasteiger partial charge in [0.25, 0.3) is 15.6 Å². The third kappa shape index (κ3) is 7.40. The molecular formula is C40H43N2O5S+. The first kappa shape index (κ1) is 33.2. The Morgan fingerprint density at radius 1 is 0.854 bits per heavy atom. The summed E-state index contributed by atoms with van der Waals surface area (Å²) in [7, 11) is -4.17. The Labute approximate surface area is 283 Å². The molecule has 0 radical (unpaired) electrons. The summed E-state index contributed by atoms with van der Waals surface area (Å²) in [4.78, 5) is 2.26. The highest BCUT2D eigenvalue weighted by Crippen LogP contribution is 2.42. The van der Waals surface area contributed by atoms with Gasteiger partial charge in [-0.3, -0.25) is 4.55 Å². The van der Waals surface area contributed by atoms with Crippen LogP contribution in [0, 0.1) is 5.92 Å². The lowest BCUT2D eigenvalue weighted by molar-refractivity contribution is -0.678. The molecule has 0 bridgehead atoms. The number of rotatable bonds is 12. The average molecular weight is 664 g/mol. The summed E-state index contributed by atoms with van der Waals surface area (Å²) in [6.07, 6.45) is 6.03. The zero-order valence-corrected chi connectivity index (χ0v) is 28.8. The van der Waals surface area contributed by atoms with Crippen molar-refractivity contribution in [3.63, 3.8) is 0 Å². The van der Waals surface area contributed by atoms with Gasteiger partial charge in [-0.05, 0) is 71.7 Å². The molecule has 0 amide bonds. The van der Waals surface area contributed by atoms with Crippen molar-refractivity contribution in [2.75, 3.05) is 11.4 Å². The Balaban J connectivity index is 1.40. The van der Waals surface area contributed by atoms with Crippen LogP contribution >= 0.6 is 0 Å². The van der Waals surface area contributed by atoms with Gasteiger partial charge < -0.3 is 14.1 Å². The van der Waals surface area contributed by atoms with Crippen LogP contribution in [0.1, 0.15) is 52.8 Å². The SMILES string of the molecule is CCC(/C=C1\Oc2ccc(-c3ccccc3)cc2N1CCC(C)C)=C\c1oc2ccc(-c3ccccc3)cc2[n+]1CCC(C)S(=O)(=O)O. The molecule has 0 aliphatic carbocycles. The van der Waals surface area contributed by atoms with Crippen LogP contribution in [0.2, 0.25) is 0 Å². The second-order valence-electron chi connectivity index (χ2n) is 12.8. The van der Waals surface area contributed by atoms with Gasteiger partial charge in [-0.15, -0.1) is 0 Å². The van der Waals surface area contributed by atoms with Crippen LogP contribution < -0.4 is 14.2 Å². The molecule has 6 rings (SSSR count). The zero-order chi connectivity index (χ0) is 33.8. The largest absolute Gasteiger partial charge is 0.439 e. The molecule has 1 aliphatic rings. The van der Waals surface area contributed by atoms with Crippen LogP contribution in [0.5, 0.6) is 5.75 Å². The van der Waals surface area contributed by atoms with Gasteiger partial charge in [-0.1, -0.05) is 93.6 Å². The molecule has 8 heteroatoms. The molecule has 0 fully saturated rings. The first-order valence-corrected chi connectivity index (χ1v) is 18.2. The Morgan fingerprint density at radius 2 is 1.50 bits per heavy atom. The maximum absolute atomic E-state index is 11.9. The van der Waals surface area contributed by atoms with Gasteiger partial charge in [0, 0.05) is 25.1 Å². The fourth-order valence-corrected chi connectivity index (χ4v) is 6.31. The lowest BCUT2D eigenvalue weighted by Crippen LogP contribution is -2.37. The molecule has 0 saturated carbocycles. The predicted molar refractivity (Wildman–Crippen MR) is 193 cm³/mol. The number of oxazole rings is 1. The standard InChI is InChI=1S/C40H42N2O5S/c1-5-30(24-39-41(22-20-28(2)3)35-26-33(16-18-37(35)46-39)31-12-8-6-9-13-31)25-40-42(23-21-29(4)48(43,44)45)36-27-34(17-19-38(36)47-40)32-14-10-7-11-15-32/h6-19,24-29H,5,20-23H2,1-4H3/p+1. The van der Waals surface area contributed by atoms with Crippen molar-refractivity contribution in [1.29, 1.82) is 0 Å². The number of hydrogen-bond acceptors (Lipinski definition) is 5. The maximum Gasteiger partial charge on any atom is 0.374 e. The minimum Gasteiger partial charge on any atom is -0.439 e. The lowest BCUT2D eigenvalue weighted by Gasteiger charge is -2.20. The van der Waals surface area contributed by atoms with Gasteiger partial charge in [0.2, 0.25) is 11.5 Å². The van der Waals surface area contributed by atoms with Gasteiger partial charge >= 0.3 is 5.89 Å². The third-order valence-corrected chi connectivity index (χ3v) is 10.2. The fraction of sp³-hybridized carbons (Fsp3) is 0.275. The highest BCUT2D eigenvalue weighted by atomic mass is 32.2. The molecule has 1 aliphatic heterocycles. The molecule has 1 atom stereocenters. The molecule has 7 nitrogen and oxygen atoms in total. The molecule has 2 heterocycles. The summed E-state index contributed by atoms with van der Waals surface area (Å²) < 4.78 is 48.4. The van der Waals surface area contributed by atoms with E-state index in [4.69, 9.17) is 9.15 Å². The van der Waals surface area contributed by atoms with E-state index in [2.05, 4.69) is 86.3 Å². The molecule has 0 spiro atoms. The van der Waals surface area contributed by atoms with E-state index in [1.165, 1.54) is 6.92 Å². The Hall–Kier alpha value is -4.66.